The van der Waals surface area contributed by atoms with Gasteiger partial charge in [0, 0.05) is 12.8 Å². The van der Waals surface area contributed by atoms with E-state index in [2.05, 4.69) is 14.9 Å². The van der Waals surface area contributed by atoms with Gasteiger partial charge in [0.1, 0.15) is 17.1 Å². The first kappa shape index (κ1) is 10.5. The molecule has 0 unspecified atom stereocenters. The molecule has 5 nitrogen and oxygen atoms in total. The summed E-state index contributed by atoms with van der Waals surface area (Å²) in [6, 6.07) is 0. The molecule has 0 bridgehead atoms. The molecule has 17 heavy (non-hydrogen) atoms. The smallest absolute Gasteiger partial charge is 0.267 e. The van der Waals surface area contributed by atoms with Crippen molar-refractivity contribution in [3.63, 3.8) is 0 Å². The van der Waals surface area contributed by atoms with E-state index in [1.165, 1.54) is 12.8 Å². The van der Waals surface area contributed by atoms with E-state index in [1.807, 2.05) is 6.21 Å². The zero-order valence-electron chi connectivity index (χ0n) is 9.72. The SMILES string of the molecule is NC(=O)C1=CCN2CC=NC3(CCCC3)C2=N1. The number of amidine groups is 1. The molecular weight excluding hydrogens is 216 g/mol. The highest BCUT2D eigenvalue weighted by Gasteiger charge is 2.43. The van der Waals surface area contributed by atoms with Gasteiger partial charge in [-0.1, -0.05) is 12.8 Å². The van der Waals surface area contributed by atoms with Crippen LogP contribution in [0, 0.1) is 0 Å². The number of rotatable bonds is 1. The third-order valence-electron chi connectivity index (χ3n) is 3.77. The van der Waals surface area contributed by atoms with Crippen LogP contribution in [0.1, 0.15) is 25.7 Å². The Morgan fingerprint density at radius 1 is 1.35 bits per heavy atom. The highest BCUT2D eigenvalue weighted by Crippen LogP contribution is 2.38. The van der Waals surface area contributed by atoms with Crippen molar-refractivity contribution >= 4 is 18.0 Å². The van der Waals surface area contributed by atoms with E-state index >= 15 is 0 Å². The van der Waals surface area contributed by atoms with Gasteiger partial charge in [0.25, 0.3) is 5.91 Å². The van der Waals surface area contributed by atoms with Crippen molar-refractivity contribution in [3.05, 3.63) is 11.8 Å². The molecule has 2 N–H and O–H groups in total. The lowest BCUT2D eigenvalue weighted by molar-refractivity contribution is -0.114. The summed E-state index contributed by atoms with van der Waals surface area (Å²) in [6.07, 6.45) is 8.20. The second-order valence-electron chi connectivity index (χ2n) is 4.84. The minimum atomic E-state index is -0.445. The van der Waals surface area contributed by atoms with Crippen LogP contribution < -0.4 is 5.73 Å². The van der Waals surface area contributed by atoms with Crippen molar-refractivity contribution < 1.29 is 4.79 Å². The minimum absolute atomic E-state index is 0.173. The zero-order valence-corrected chi connectivity index (χ0v) is 9.72. The monoisotopic (exact) mass is 232 g/mol. The summed E-state index contributed by atoms with van der Waals surface area (Å²) < 4.78 is 0. The Kier molecular flexibility index (Phi) is 2.28. The van der Waals surface area contributed by atoms with Crippen LogP contribution in [0.3, 0.4) is 0 Å². The normalized spacial score (nSPS) is 25.5. The van der Waals surface area contributed by atoms with Crippen molar-refractivity contribution in [1.29, 1.82) is 0 Å². The molecule has 0 aromatic carbocycles. The second-order valence-corrected chi connectivity index (χ2v) is 4.84. The Morgan fingerprint density at radius 3 is 2.82 bits per heavy atom. The van der Waals surface area contributed by atoms with Crippen LogP contribution >= 0.6 is 0 Å². The van der Waals surface area contributed by atoms with Crippen LogP contribution in [0.4, 0.5) is 0 Å². The second kappa shape index (κ2) is 3.68. The first-order valence-electron chi connectivity index (χ1n) is 6.09. The molecule has 0 aromatic rings. The Bertz CT molecular complexity index is 443. The molecule has 1 spiro atoms. The summed E-state index contributed by atoms with van der Waals surface area (Å²) in [7, 11) is 0. The van der Waals surface area contributed by atoms with Crippen LogP contribution in [-0.4, -0.2) is 41.5 Å². The minimum Gasteiger partial charge on any atom is -0.364 e. The summed E-state index contributed by atoms with van der Waals surface area (Å²) in [5.74, 6) is 0.508. The van der Waals surface area contributed by atoms with E-state index in [-0.39, 0.29) is 5.54 Å². The third kappa shape index (κ3) is 1.57. The topological polar surface area (TPSA) is 71.1 Å². The summed E-state index contributed by atoms with van der Waals surface area (Å²) >= 11 is 0. The summed E-state index contributed by atoms with van der Waals surface area (Å²) in [6.45, 7) is 1.49. The van der Waals surface area contributed by atoms with Crippen LogP contribution in [0.15, 0.2) is 21.8 Å². The lowest BCUT2D eigenvalue weighted by Crippen LogP contribution is -2.52. The van der Waals surface area contributed by atoms with Crippen LogP contribution in [0.2, 0.25) is 0 Å². The van der Waals surface area contributed by atoms with Gasteiger partial charge >= 0.3 is 0 Å². The summed E-state index contributed by atoms with van der Waals surface area (Å²) in [5.41, 5.74) is 5.52. The fourth-order valence-electron chi connectivity index (χ4n) is 2.91. The van der Waals surface area contributed by atoms with Crippen molar-refractivity contribution in [1.82, 2.24) is 4.90 Å². The fraction of sp³-hybridized carbons (Fsp3) is 0.583. The average molecular weight is 232 g/mol. The van der Waals surface area contributed by atoms with Gasteiger partial charge in [0.2, 0.25) is 0 Å². The molecule has 0 atom stereocenters. The molecule has 1 saturated carbocycles. The molecule has 1 amide bonds. The van der Waals surface area contributed by atoms with E-state index in [9.17, 15) is 4.79 Å². The number of aliphatic imine (C=N–C) groups is 2. The third-order valence-corrected chi connectivity index (χ3v) is 3.77. The lowest BCUT2D eigenvalue weighted by atomic mass is 9.93. The predicted octanol–water partition coefficient (Wildman–Crippen LogP) is 0.467. The van der Waals surface area contributed by atoms with Crippen molar-refractivity contribution in [3.8, 4) is 0 Å². The molecular formula is C12H16N4O. The van der Waals surface area contributed by atoms with Crippen LogP contribution in [0.5, 0.6) is 0 Å². The fourth-order valence-corrected chi connectivity index (χ4v) is 2.91. The number of carbonyl (C=O) groups excluding carboxylic acids is 1. The molecule has 0 radical (unpaired) electrons. The molecule has 2 aliphatic heterocycles. The number of fused-ring (bicyclic) bond motifs is 2. The van der Waals surface area contributed by atoms with E-state index < -0.39 is 5.91 Å². The van der Waals surface area contributed by atoms with Gasteiger partial charge in [0.05, 0.1) is 6.54 Å². The Morgan fingerprint density at radius 2 is 2.12 bits per heavy atom. The van der Waals surface area contributed by atoms with Crippen LogP contribution in [0.25, 0.3) is 0 Å². The first-order valence-corrected chi connectivity index (χ1v) is 6.09. The number of hydrogen-bond acceptors (Lipinski definition) is 4. The van der Waals surface area contributed by atoms with Gasteiger partial charge < -0.3 is 10.6 Å². The molecule has 0 saturated heterocycles. The van der Waals surface area contributed by atoms with Crippen molar-refractivity contribution in [2.75, 3.05) is 13.1 Å². The first-order chi connectivity index (χ1) is 8.21. The molecule has 3 aliphatic rings. The van der Waals surface area contributed by atoms with Gasteiger partial charge in [-0.2, -0.15) is 0 Å². The van der Waals surface area contributed by atoms with Gasteiger partial charge in [0.15, 0.2) is 0 Å². The summed E-state index contributed by atoms with van der Waals surface area (Å²) in [4.78, 5) is 22.5. The molecule has 90 valence electrons. The zero-order chi connectivity index (χ0) is 11.9. The Balaban J connectivity index is 2.02. The number of nitrogens with two attached hydrogens (primary N) is 1. The Hall–Kier alpha value is -1.65. The van der Waals surface area contributed by atoms with E-state index in [0.717, 1.165) is 25.2 Å². The summed E-state index contributed by atoms with van der Waals surface area (Å²) in [5, 5.41) is 0. The van der Waals surface area contributed by atoms with Gasteiger partial charge in [-0.25, -0.2) is 4.99 Å². The van der Waals surface area contributed by atoms with Gasteiger partial charge in [-0.05, 0) is 18.9 Å². The highest BCUT2D eigenvalue weighted by atomic mass is 16.1. The van der Waals surface area contributed by atoms with Crippen LogP contribution in [-0.2, 0) is 4.79 Å². The maximum absolute atomic E-state index is 11.2. The van der Waals surface area contributed by atoms with Gasteiger partial charge in [-0.3, -0.25) is 9.79 Å². The number of primary amides is 1. The highest BCUT2D eigenvalue weighted by molar-refractivity contribution is 6.02. The van der Waals surface area contributed by atoms with Gasteiger partial charge in [-0.15, -0.1) is 0 Å². The number of carbonyl (C=O) groups is 1. The molecule has 5 heteroatoms. The van der Waals surface area contributed by atoms with E-state index in [0.29, 0.717) is 12.2 Å². The Labute approximate surface area is 100 Å². The number of nitrogens with zero attached hydrogens (tertiary/aromatic N) is 3. The number of amides is 1. The van der Waals surface area contributed by atoms with Crippen molar-refractivity contribution in [2.24, 2.45) is 15.7 Å². The molecule has 1 fully saturated rings. The molecule has 2 heterocycles. The van der Waals surface area contributed by atoms with Crippen molar-refractivity contribution in [2.45, 2.75) is 31.2 Å². The molecule has 0 aromatic heterocycles. The maximum atomic E-state index is 11.2. The lowest BCUT2D eigenvalue weighted by Gasteiger charge is -2.39. The predicted molar refractivity (Wildman–Crippen MR) is 66.0 cm³/mol. The molecule has 1 aliphatic carbocycles. The standard InChI is InChI=1S/C12H16N4O/c13-10(17)9-3-7-16-8-6-14-12(11(16)15-9)4-1-2-5-12/h3,6H,1-2,4-5,7-8H2,(H2,13,17). The maximum Gasteiger partial charge on any atom is 0.267 e. The molecule has 3 rings (SSSR count). The van der Waals surface area contributed by atoms with E-state index in [1.54, 1.807) is 6.08 Å². The average Bonchev–Trinajstić information content (AvgIpc) is 2.78. The quantitative estimate of drug-likeness (QED) is 0.713. The van der Waals surface area contributed by atoms with E-state index in [4.69, 9.17) is 5.73 Å². The number of hydrogen-bond donors (Lipinski definition) is 1. The largest absolute Gasteiger partial charge is 0.364 e.